The highest BCUT2D eigenvalue weighted by Gasteiger charge is 2.12. The van der Waals surface area contributed by atoms with Gasteiger partial charge in [-0.3, -0.25) is 9.59 Å². The standard InChI is InChI=1S/C21H20N2O3/c1-14-5-4-8-15(11-14)19-10-9-18(21(26)23-19)20(25)22-12-16-6-2-3-7-17(16)13-24/h2-11,24H,12-13H2,1H3,(H,22,25)(H,23,26). The Morgan fingerprint density at radius 2 is 1.81 bits per heavy atom. The Bertz CT molecular complexity index is 992. The molecule has 3 aromatic rings. The predicted octanol–water partition coefficient (Wildman–Crippen LogP) is 2.77. The molecule has 1 heterocycles. The maximum atomic E-state index is 12.3. The van der Waals surface area contributed by atoms with Crippen LogP contribution in [0.15, 0.2) is 65.5 Å². The Hall–Kier alpha value is -3.18. The molecule has 132 valence electrons. The lowest BCUT2D eigenvalue weighted by molar-refractivity contribution is 0.0949. The van der Waals surface area contributed by atoms with Crippen LogP contribution >= 0.6 is 0 Å². The number of carbonyl (C=O) groups is 1. The fraction of sp³-hybridized carbons (Fsp3) is 0.143. The molecule has 0 bridgehead atoms. The van der Waals surface area contributed by atoms with E-state index in [1.54, 1.807) is 12.1 Å². The molecule has 26 heavy (non-hydrogen) atoms. The van der Waals surface area contributed by atoms with Gasteiger partial charge in [0.1, 0.15) is 5.56 Å². The molecular formula is C21H20N2O3. The summed E-state index contributed by atoms with van der Waals surface area (Å²) in [6, 6.07) is 18.3. The predicted molar refractivity (Wildman–Crippen MR) is 101 cm³/mol. The second-order valence-electron chi connectivity index (χ2n) is 6.09. The first-order chi connectivity index (χ1) is 12.6. The van der Waals surface area contributed by atoms with Crippen molar-refractivity contribution in [2.24, 2.45) is 0 Å². The molecular weight excluding hydrogens is 328 g/mol. The summed E-state index contributed by atoms with van der Waals surface area (Å²) in [4.78, 5) is 27.4. The topological polar surface area (TPSA) is 82.2 Å². The number of aliphatic hydroxyl groups excluding tert-OH is 1. The average Bonchev–Trinajstić information content (AvgIpc) is 2.66. The molecule has 0 saturated carbocycles. The van der Waals surface area contributed by atoms with Gasteiger partial charge in [0.2, 0.25) is 0 Å². The van der Waals surface area contributed by atoms with Gasteiger partial charge in [-0.25, -0.2) is 0 Å². The summed E-state index contributed by atoms with van der Waals surface area (Å²) in [7, 11) is 0. The number of rotatable bonds is 5. The second-order valence-corrected chi connectivity index (χ2v) is 6.09. The molecule has 0 radical (unpaired) electrons. The monoisotopic (exact) mass is 348 g/mol. The molecule has 0 aliphatic rings. The first-order valence-electron chi connectivity index (χ1n) is 8.34. The van der Waals surface area contributed by atoms with Gasteiger partial charge in [0.15, 0.2) is 0 Å². The number of hydrogen-bond acceptors (Lipinski definition) is 3. The van der Waals surface area contributed by atoms with E-state index in [4.69, 9.17) is 0 Å². The molecule has 5 heteroatoms. The van der Waals surface area contributed by atoms with Crippen LogP contribution in [0.5, 0.6) is 0 Å². The maximum absolute atomic E-state index is 12.3. The van der Waals surface area contributed by atoms with E-state index in [2.05, 4.69) is 10.3 Å². The summed E-state index contributed by atoms with van der Waals surface area (Å²) < 4.78 is 0. The van der Waals surface area contributed by atoms with Crippen molar-refractivity contribution in [1.29, 1.82) is 0 Å². The van der Waals surface area contributed by atoms with Crippen molar-refractivity contribution >= 4 is 5.91 Å². The third-order valence-electron chi connectivity index (χ3n) is 4.21. The summed E-state index contributed by atoms with van der Waals surface area (Å²) in [6.45, 7) is 2.13. The molecule has 3 N–H and O–H groups in total. The number of hydrogen-bond donors (Lipinski definition) is 3. The summed E-state index contributed by atoms with van der Waals surface area (Å²) in [5.74, 6) is -0.449. The first-order valence-corrected chi connectivity index (χ1v) is 8.34. The Balaban J connectivity index is 1.77. The SMILES string of the molecule is Cc1cccc(-c2ccc(C(=O)NCc3ccccc3CO)c(=O)[nH]2)c1. The number of pyridine rings is 1. The van der Waals surface area contributed by atoms with Crippen LogP contribution in [-0.4, -0.2) is 16.0 Å². The van der Waals surface area contributed by atoms with E-state index in [9.17, 15) is 14.7 Å². The minimum atomic E-state index is -0.449. The molecule has 1 aromatic heterocycles. The Morgan fingerprint density at radius 3 is 2.50 bits per heavy atom. The van der Waals surface area contributed by atoms with Crippen LogP contribution in [0, 0.1) is 6.92 Å². The highest BCUT2D eigenvalue weighted by Crippen LogP contribution is 2.17. The Kier molecular flexibility index (Phi) is 5.29. The lowest BCUT2D eigenvalue weighted by Crippen LogP contribution is -2.29. The molecule has 5 nitrogen and oxygen atoms in total. The molecule has 2 aromatic carbocycles. The Morgan fingerprint density at radius 1 is 1.04 bits per heavy atom. The van der Waals surface area contributed by atoms with Crippen LogP contribution in [0.2, 0.25) is 0 Å². The van der Waals surface area contributed by atoms with Crippen LogP contribution in [0.3, 0.4) is 0 Å². The first kappa shape index (κ1) is 17.6. The quantitative estimate of drug-likeness (QED) is 0.663. The minimum absolute atomic E-state index is 0.0582. The van der Waals surface area contributed by atoms with Crippen molar-refractivity contribution in [3.63, 3.8) is 0 Å². The van der Waals surface area contributed by atoms with E-state index < -0.39 is 11.5 Å². The van der Waals surface area contributed by atoms with Crippen molar-refractivity contribution in [3.8, 4) is 11.3 Å². The lowest BCUT2D eigenvalue weighted by atomic mass is 10.1. The number of aryl methyl sites for hydroxylation is 1. The van der Waals surface area contributed by atoms with Crippen molar-refractivity contribution in [2.75, 3.05) is 0 Å². The van der Waals surface area contributed by atoms with Gasteiger partial charge < -0.3 is 15.4 Å². The molecule has 0 saturated heterocycles. The minimum Gasteiger partial charge on any atom is -0.392 e. The molecule has 0 atom stereocenters. The summed E-state index contributed by atoms with van der Waals surface area (Å²) in [6.07, 6.45) is 0. The van der Waals surface area contributed by atoms with Gasteiger partial charge in [-0.15, -0.1) is 0 Å². The van der Waals surface area contributed by atoms with Crippen molar-refractivity contribution in [1.82, 2.24) is 10.3 Å². The summed E-state index contributed by atoms with van der Waals surface area (Å²) in [5.41, 5.74) is 3.84. The van der Waals surface area contributed by atoms with E-state index in [0.717, 1.165) is 22.3 Å². The average molecular weight is 348 g/mol. The van der Waals surface area contributed by atoms with Gasteiger partial charge in [-0.1, -0.05) is 48.0 Å². The van der Waals surface area contributed by atoms with Crippen LogP contribution in [0.4, 0.5) is 0 Å². The zero-order chi connectivity index (χ0) is 18.5. The number of carbonyl (C=O) groups excluding carboxylic acids is 1. The number of aromatic amines is 1. The smallest absolute Gasteiger partial charge is 0.261 e. The zero-order valence-corrected chi connectivity index (χ0v) is 14.5. The fourth-order valence-corrected chi connectivity index (χ4v) is 2.79. The molecule has 0 aliphatic carbocycles. The largest absolute Gasteiger partial charge is 0.392 e. The van der Waals surface area contributed by atoms with Crippen LogP contribution in [0.25, 0.3) is 11.3 Å². The normalized spacial score (nSPS) is 10.5. The van der Waals surface area contributed by atoms with E-state index in [1.165, 1.54) is 6.07 Å². The highest BCUT2D eigenvalue weighted by atomic mass is 16.3. The number of H-pyrrole nitrogens is 1. The number of amides is 1. The van der Waals surface area contributed by atoms with E-state index >= 15 is 0 Å². The third kappa shape index (κ3) is 3.90. The third-order valence-corrected chi connectivity index (χ3v) is 4.21. The van der Waals surface area contributed by atoms with E-state index in [0.29, 0.717) is 5.69 Å². The number of nitrogens with one attached hydrogen (secondary N) is 2. The molecule has 0 aliphatic heterocycles. The summed E-state index contributed by atoms with van der Waals surface area (Å²) >= 11 is 0. The van der Waals surface area contributed by atoms with Crippen LogP contribution in [0.1, 0.15) is 27.0 Å². The molecule has 0 spiro atoms. The van der Waals surface area contributed by atoms with Gasteiger partial charge in [-0.05, 0) is 41.8 Å². The van der Waals surface area contributed by atoms with E-state index in [-0.39, 0.29) is 18.7 Å². The van der Waals surface area contributed by atoms with Gasteiger partial charge in [0.05, 0.1) is 6.61 Å². The van der Waals surface area contributed by atoms with E-state index in [1.807, 2.05) is 49.4 Å². The molecule has 3 rings (SSSR count). The Labute approximate surface area is 151 Å². The number of aromatic nitrogens is 1. The van der Waals surface area contributed by atoms with Crippen molar-refractivity contribution in [3.05, 3.63) is 93.3 Å². The van der Waals surface area contributed by atoms with Crippen LogP contribution < -0.4 is 10.9 Å². The fourth-order valence-electron chi connectivity index (χ4n) is 2.79. The maximum Gasteiger partial charge on any atom is 0.261 e. The molecule has 0 fully saturated rings. The second kappa shape index (κ2) is 7.80. The number of benzene rings is 2. The zero-order valence-electron chi connectivity index (χ0n) is 14.5. The van der Waals surface area contributed by atoms with Crippen molar-refractivity contribution < 1.29 is 9.90 Å². The highest BCUT2D eigenvalue weighted by molar-refractivity contribution is 5.94. The lowest BCUT2D eigenvalue weighted by Gasteiger charge is -2.09. The number of aliphatic hydroxyl groups is 1. The summed E-state index contributed by atoms with van der Waals surface area (Å²) in [5, 5.41) is 12.1. The van der Waals surface area contributed by atoms with Gasteiger partial charge in [0.25, 0.3) is 11.5 Å². The molecule has 1 amide bonds. The van der Waals surface area contributed by atoms with Gasteiger partial charge in [0, 0.05) is 12.2 Å². The molecule has 0 unspecified atom stereocenters. The van der Waals surface area contributed by atoms with Crippen molar-refractivity contribution in [2.45, 2.75) is 20.1 Å². The van der Waals surface area contributed by atoms with Crippen LogP contribution in [-0.2, 0) is 13.2 Å². The van der Waals surface area contributed by atoms with Gasteiger partial charge >= 0.3 is 0 Å². The van der Waals surface area contributed by atoms with Gasteiger partial charge in [-0.2, -0.15) is 0 Å².